The first kappa shape index (κ1) is 6.76. The SMILES string of the molecule is C[C@@H](C#N)NC(=O)O. The molecule has 0 aromatic carbocycles. The maximum absolute atomic E-state index is 9.71. The standard InChI is InChI=1S/C4H6N2O2/c1-3(2-5)6-4(7)8/h3,6H,1H3,(H,7,8)/t3-/m0/s1. The third-order valence-electron chi connectivity index (χ3n) is 0.534. The van der Waals surface area contributed by atoms with Gasteiger partial charge in [-0.05, 0) is 6.92 Å². The van der Waals surface area contributed by atoms with E-state index in [9.17, 15) is 4.79 Å². The van der Waals surface area contributed by atoms with E-state index in [0.717, 1.165) is 0 Å². The van der Waals surface area contributed by atoms with E-state index in [1.165, 1.54) is 6.92 Å². The van der Waals surface area contributed by atoms with Crippen LogP contribution in [0.2, 0.25) is 0 Å². The quantitative estimate of drug-likeness (QED) is 0.510. The van der Waals surface area contributed by atoms with Crippen LogP contribution in [0.15, 0.2) is 0 Å². The minimum atomic E-state index is -1.17. The van der Waals surface area contributed by atoms with Crippen molar-refractivity contribution < 1.29 is 9.90 Å². The van der Waals surface area contributed by atoms with Gasteiger partial charge in [0.25, 0.3) is 0 Å². The van der Waals surface area contributed by atoms with Gasteiger partial charge in [-0.2, -0.15) is 5.26 Å². The van der Waals surface area contributed by atoms with Crippen LogP contribution in [0.25, 0.3) is 0 Å². The average molecular weight is 114 g/mol. The summed E-state index contributed by atoms with van der Waals surface area (Å²) in [5.41, 5.74) is 0. The van der Waals surface area contributed by atoms with E-state index in [1.807, 2.05) is 5.32 Å². The summed E-state index contributed by atoms with van der Waals surface area (Å²) in [6, 6.07) is 1.09. The molecule has 44 valence electrons. The van der Waals surface area contributed by atoms with Gasteiger partial charge in [-0.15, -0.1) is 0 Å². The van der Waals surface area contributed by atoms with Gasteiger partial charge in [0.1, 0.15) is 6.04 Å². The lowest BCUT2D eigenvalue weighted by Gasteiger charge is -1.97. The largest absolute Gasteiger partial charge is 0.465 e. The second-order valence-electron chi connectivity index (χ2n) is 1.30. The smallest absolute Gasteiger partial charge is 0.405 e. The van der Waals surface area contributed by atoms with E-state index in [1.54, 1.807) is 6.07 Å². The van der Waals surface area contributed by atoms with E-state index in [-0.39, 0.29) is 0 Å². The number of carboxylic acid groups (broad SMARTS) is 1. The Balaban J connectivity index is 3.43. The van der Waals surface area contributed by atoms with Crippen molar-refractivity contribution in [3.05, 3.63) is 0 Å². The van der Waals surface area contributed by atoms with Gasteiger partial charge in [-0.3, -0.25) is 0 Å². The summed E-state index contributed by atoms with van der Waals surface area (Å²) in [6.45, 7) is 1.47. The molecular formula is C4H6N2O2. The van der Waals surface area contributed by atoms with Crippen molar-refractivity contribution >= 4 is 6.09 Å². The highest BCUT2D eigenvalue weighted by molar-refractivity contribution is 5.65. The molecule has 0 fully saturated rings. The molecule has 0 heterocycles. The number of carbonyl (C=O) groups is 1. The predicted molar refractivity (Wildman–Crippen MR) is 26.2 cm³/mol. The van der Waals surface area contributed by atoms with Crippen molar-refractivity contribution in [3.63, 3.8) is 0 Å². The number of nitrogens with one attached hydrogen (secondary N) is 1. The highest BCUT2D eigenvalue weighted by Gasteiger charge is 1.99. The van der Waals surface area contributed by atoms with Gasteiger partial charge < -0.3 is 10.4 Å². The van der Waals surface area contributed by atoms with E-state index in [0.29, 0.717) is 0 Å². The first-order valence-corrected chi connectivity index (χ1v) is 2.06. The van der Waals surface area contributed by atoms with Crippen LogP contribution in [-0.4, -0.2) is 17.2 Å². The van der Waals surface area contributed by atoms with Crippen LogP contribution in [0.3, 0.4) is 0 Å². The van der Waals surface area contributed by atoms with Gasteiger partial charge >= 0.3 is 6.09 Å². The molecule has 0 aliphatic heterocycles. The molecule has 1 amide bonds. The van der Waals surface area contributed by atoms with Crippen LogP contribution in [0.5, 0.6) is 0 Å². The van der Waals surface area contributed by atoms with Crippen LogP contribution < -0.4 is 5.32 Å². The van der Waals surface area contributed by atoms with Crippen LogP contribution in [-0.2, 0) is 0 Å². The van der Waals surface area contributed by atoms with Crippen molar-refractivity contribution in [3.8, 4) is 6.07 Å². The normalized spacial score (nSPS) is 11.5. The van der Waals surface area contributed by atoms with Gasteiger partial charge in [0.15, 0.2) is 0 Å². The Hall–Kier alpha value is -1.24. The molecule has 2 N–H and O–H groups in total. The minimum Gasteiger partial charge on any atom is -0.465 e. The average Bonchev–Trinajstić information content (AvgIpc) is 1.65. The second kappa shape index (κ2) is 2.86. The first-order valence-electron chi connectivity index (χ1n) is 2.06. The van der Waals surface area contributed by atoms with Crippen molar-refractivity contribution in [2.24, 2.45) is 0 Å². The third-order valence-corrected chi connectivity index (χ3v) is 0.534. The molecule has 0 spiro atoms. The van der Waals surface area contributed by atoms with Crippen LogP contribution in [0.4, 0.5) is 4.79 Å². The van der Waals surface area contributed by atoms with Crippen molar-refractivity contribution in [1.29, 1.82) is 5.26 Å². The zero-order chi connectivity index (χ0) is 6.57. The fourth-order valence-electron chi connectivity index (χ4n) is 0.217. The zero-order valence-corrected chi connectivity index (χ0v) is 4.38. The molecule has 0 aromatic rings. The van der Waals surface area contributed by atoms with Gasteiger partial charge in [-0.1, -0.05) is 0 Å². The lowest BCUT2D eigenvalue weighted by Crippen LogP contribution is -2.29. The number of nitrogens with zero attached hydrogens (tertiary/aromatic N) is 1. The van der Waals surface area contributed by atoms with Gasteiger partial charge in [0, 0.05) is 0 Å². The predicted octanol–water partition coefficient (Wildman–Crippen LogP) is 0.166. The fraction of sp³-hybridized carbons (Fsp3) is 0.500. The molecule has 0 radical (unpaired) electrons. The van der Waals surface area contributed by atoms with E-state index in [2.05, 4.69) is 0 Å². The second-order valence-corrected chi connectivity index (χ2v) is 1.30. The van der Waals surface area contributed by atoms with Crippen LogP contribution in [0.1, 0.15) is 6.92 Å². The summed E-state index contributed by atoms with van der Waals surface area (Å²) in [5, 5.41) is 17.9. The Morgan fingerprint density at radius 1 is 2.00 bits per heavy atom. The van der Waals surface area contributed by atoms with Crippen molar-refractivity contribution in [2.75, 3.05) is 0 Å². The molecule has 0 aliphatic rings. The molecule has 4 heteroatoms. The lowest BCUT2D eigenvalue weighted by atomic mass is 10.4. The number of nitriles is 1. The summed E-state index contributed by atoms with van der Waals surface area (Å²) in [7, 11) is 0. The summed E-state index contributed by atoms with van der Waals surface area (Å²) in [4.78, 5) is 9.71. The Morgan fingerprint density at radius 3 is 2.62 bits per heavy atom. The maximum Gasteiger partial charge on any atom is 0.405 e. The Kier molecular flexibility index (Phi) is 2.41. The number of amides is 1. The molecule has 0 rings (SSSR count). The van der Waals surface area contributed by atoms with Crippen molar-refractivity contribution in [1.82, 2.24) is 5.32 Å². The number of hydrogen-bond donors (Lipinski definition) is 2. The topological polar surface area (TPSA) is 73.1 Å². The zero-order valence-electron chi connectivity index (χ0n) is 4.38. The lowest BCUT2D eigenvalue weighted by molar-refractivity contribution is 0.193. The summed E-state index contributed by atoms with van der Waals surface area (Å²) < 4.78 is 0. The Bertz CT molecular complexity index is 126. The Labute approximate surface area is 46.7 Å². The summed E-state index contributed by atoms with van der Waals surface area (Å²) in [6.07, 6.45) is -1.17. The monoisotopic (exact) mass is 114 g/mol. The molecule has 8 heavy (non-hydrogen) atoms. The summed E-state index contributed by atoms with van der Waals surface area (Å²) in [5.74, 6) is 0. The molecule has 0 aromatic heterocycles. The third kappa shape index (κ3) is 2.97. The van der Waals surface area contributed by atoms with Crippen molar-refractivity contribution in [2.45, 2.75) is 13.0 Å². The van der Waals surface area contributed by atoms with Gasteiger partial charge in [0.05, 0.1) is 6.07 Å². The van der Waals surface area contributed by atoms with E-state index >= 15 is 0 Å². The number of hydrogen-bond acceptors (Lipinski definition) is 2. The molecule has 0 aliphatic carbocycles. The molecule has 0 unspecified atom stereocenters. The minimum absolute atomic E-state index is 0.618. The maximum atomic E-state index is 9.71. The molecular weight excluding hydrogens is 108 g/mol. The number of rotatable bonds is 1. The Morgan fingerprint density at radius 2 is 2.50 bits per heavy atom. The highest BCUT2D eigenvalue weighted by atomic mass is 16.4. The fourth-order valence-corrected chi connectivity index (χ4v) is 0.217. The van der Waals surface area contributed by atoms with Gasteiger partial charge in [-0.25, -0.2) is 4.79 Å². The molecule has 4 nitrogen and oxygen atoms in total. The first-order chi connectivity index (χ1) is 3.66. The molecule has 0 saturated carbocycles. The molecule has 0 bridgehead atoms. The van der Waals surface area contributed by atoms with E-state index in [4.69, 9.17) is 10.4 Å². The van der Waals surface area contributed by atoms with E-state index < -0.39 is 12.1 Å². The molecule has 1 atom stereocenters. The molecule has 0 saturated heterocycles. The summed E-state index contributed by atoms with van der Waals surface area (Å²) >= 11 is 0. The van der Waals surface area contributed by atoms with Gasteiger partial charge in [0.2, 0.25) is 0 Å². The highest BCUT2D eigenvalue weighted by Crippen LogP contribution is 1.73. The van der Waals surface area contributed by atoms with Crippen LogP contribution in [0, 0.1) is 11.3 Å². The van der Waals surface area contributed by atoms with Crippen LogP contribution >= 0.6 is 0 Å².